The van der Waals surface area contributed by atoms with Gasteiger partial charge in [0.25, 0.3) is 0 Å². The van der Waals surface area contributed by atoms with Gasteiger partial charge in [0.15, 0.2) is 0 Å². The van der Waals surface area contributed by atoms with Crippen molar-refractivity contribution in [2.24, 2.45) is 0 Å². The summed E-state index contributed by atoms with van der Waals surface area (Å²) in [4.78, 5) is 4.40. The molecule has 1 saturated heterocycles. The van der Waals surface area contributed by atoms with Gasteiger partial charge >= 0.3 is 0 Å². The first kappa shape index (κ1) is 12.5. The van der Waals surface area contributed by atoms with Gasteiger partial charge in [-0.25, -0.2) is 0 Å². The first-order chi connectivity index (χ1) is 9.38. The van der Waals surface area contributed by atoms with Gasteiger partial charge in [0.2, 0.25) is 0 Å². The third kappa shape index (κ3) is 2.61. The first-order valence-electron chi connectivity index (χ1n) is 6.60. The Morgan fingerprint density at radius 3 is 3.05 bits per heavy atom. The highest BCUT2D eigenvalue weighted by Gasteiger charge is 2.25. The predicted octanol–water partition coefficient (Wildman–Crippen LogP) is 1.91. The van der Waals surface area contributed by atoms with Crippen LogP contribution in [0.25, 0.3) is 10.9 Å². The lowest BCUT2D eigenvalue weighted by atomic mass is 10.00. The molecule has 0 spiro atoms. The molecule has 1 aliphatic rings. The summed E-state index contributed by atoms with van der Waals surface area (Å²) >= 11 is 0. The molecule has 2 atom stereocenters. The molecule has 2 heterocycles. The average molecular weight is 258 g/mol. The van der Waals surface area contributed by atoms with Crippen molar-refractivity contribution in [3.05, 3.63) is 42.1 Å². The fourth-order valence-corrected chi connectivity index (χ4v) is 2.54. The van der Waals surface area contributed by atoms with Crippen LogP contribution in [0.4, 0.5) is 0 Å². The van der Waals surface area contributed by atoms with Crippen LogP contribution in [0.15, 0.2) is 36.5 Å². The van der Waals surface area contributed by atoms with Crippen molar-refractivity contribution in [2.45, 2.75) is 12.1 Å². The lowest BCUT2D eigenvalue weighted by molar-refractivity contribution is -0.101. The Morgan fingerprint density at radius 2 is 2.26 bits per heavy atom. The number of benzene rings is 1. The molecule has 4 nitrogen and oxygen atoms in total. The van der Waals surface area contributed by atoms with Crippen molar-refractivity contribution in [1.29, 1.82) is 0 Å². The maximum absolute atomic E-state index is 5.79. The van der Waals surface area contributed by atoms with Gasteiger partial charge in [0.1, 0.15) is 6.10 Å². The Morgan fingerprint density at radius 1 is 1.32 bits per heavy atom. The molecule has 0 aliphatic carbocycles. The number of ether oxygens (including phenoxy) is 2. The predicted molar refractivity (Wildman–Crippen MR) is 74.1 cm³/mol. The summed E-state index contributed by atoms with van der Waals surface area (Å²) in [6, 6.07) is 10.5. The fourth-order valence-electron chi connectivity index (χ4n) is 2.54. The van der Waals surface area contributed by atoms with Crippen LogP contribution in [-0.2, 0) is 9.47 Å². The summed E-state index contributed by atoms with van der Waals surface area (Å²) in [7, 11) is 1.95. The van der Waals surface area contributed by atoms with Crippen LogP contribution < -0.4 is 5.32 Å². The summed E-state index contributed by atoms with van der Waals surface area (Å²) < 4.78 is 11.3. The molecule has 1 fully saturated rings. The molecular formula is C15H18N2O2. The maximum atomic E-state index is 5.79. The van der Waals surface area contributed by atoms with E-state index in [2.05, 4.69) is 34.6 Å². The van der Waals surface area contributed by atoms with Crippen molar-refractivity contribution < 1.29 is 9.47 Å². The molecule has 2 unspecified atom stereocenters. The lowest BCUT2D eigenvalue weighted by Crippen LogP contribution is -2.39. The quantitative estimate of drug-likeness (QED) is 0.913. The number of hydrogen-bond acceptors (Lipinski definition) is 4. The number of nitrogens with zero attached hydrogens (tertiary/aromatic N) is 1. The van der Waals surface area contributed by atoms with Crippen LogP contribution >= 0.6 is 0 Å². The highest BCUT2D eigenvalue weighted by molar-refractivity contribution is 5.79. The normalized spacial score (nSPS) is 21.4. The molecule has 100 valence electrons. The van der Waals surface area contributed by atoms with Gasteiger partial charge in [-0.2, -0.15) is 0 Å². The van der Waals surface area contributed by atoms with Crippen molar-refractivity contribution in [1.82, 2.24) is 10.3 Å². The third-order valence-electron chi connectivity index (χ3n) is 3.51. The lowest BCUT2D eigenvalue weighted by Gasteiger charge is -2.30. The summed E-state index contributed by atoms with van der Waals surface area (Å²) in [6.45, 7) is 1.98. The van der Waals surface area contributed by atoms with E-state index in [-0.39, 0.29) is 12.1 Å². The van der Waals surface area contributed by atoms with E-state index in [1.165, 1.54) is 5.56 Å². The van der Waals surface area contributed by atoms with E-state index in [9.17, 15) is 0 Å². The zero-order valence-corrected chi connectivity index (χ0v) is 11.0. The van der Waals surface area contributed by atoms with Gasteiger partial charge < -0.3 is 14.8 Å². The number of hydrogen-bond donors (Lipinski definition) is 1. The number of pyridine rings is 1. The van der Waals surface area contributed by atoms with Gasteiger partial charge in [0.05, 0.1) is 31.4 Å². The van der Waals surface area contributed by atoms with Gasteiger partial charge in [-0.15, -0.1) is 0 Å². The number of aromatic nitrogens is 1. The van der Waals surface area contributed by atoms with Gasteiger partial charge in [-0.05, 0) is 24.7 Å². The van der Waals surface area contributed by atoms with Crippen molar-refractivity contribution in [3.63, 3.8) is 0 Å². The summed E-state index contributed by atoms with van der Waals surface area (Å²) in [6.07, 6.45) is 1.88. The van der Waals surface area contributed by atoms with Crippen LogP contribution in [0, 0.1) is 0 Å². The highest BCUT2D eigenvalue weighted by Crippen LogP contribution is 2.24. The number of nitrogens with one attached hydrogen (secondary N) is 1. The Labute approximate surface area is 112 Å². The first-order valence-corrected chi connectivity index (χ1v) is 6.60. The van der Waals surface area contributed by atoms with Crippen LogP contribution in [0.1, 0.15) is 11.6 Å². The van der Waals surface area contributed by atoms with E-state index in [1.54, 1.807) is 0 Å². The van der Waals surface area contributed by atoms with E-state index < -0.39 is 0 Å². The zero-order chi connectivity index (χ0) is 13.1. The monoisotopic (exact) mass is 258 g/mol. The van der Waals surface area contributed by atoms with E-state index in [0.29, 0.717) is 19.8 Å². The Hall–Kier alpha value is -1.49. The molecule has 3 rings (SSSR count). The summed E-state index contributed by atoms with van der Waals surface area (Å²) in [5.74, 6) is 0. The van der Waals surface area contributed by atoms with E-state index in [1.807, 2.05) is 19.3 Å². The molecule has 0 amide bonds. The second kappa shape index (κ2) is 5.65. The third-order valence-corrected chi connectivity index (χ3v) is 3.51. The smallest absolute Gasteiger partial charge is 0.100 e. The highest BCUT2D eigenvalue weighted by atomic mass is 16.6. The molecule has 1 aromatic heterocycles. The average Bonchev–Trinajstić information content (AvgIpc) is 2.49. The second-order valence-corrected chi connectivity index (χ2v) is 4.71. The minimum absolute atomic E-state index is 0.0555. The van der Waals surface area contributed by atoms with Gasteiger partial charge in [-0.3, -0.25) is 4.98 Å². The second-order valence-electron chi connectivity index (χ2n) is 4.71. The van der Waals surface area contributed by atoms with Crippen molar-refractivity contribution in [2.75, 3.05) is 26.9 Å². The number of fused-ring (bicyclic) bond motifs is 1. The van der Waals surface area contributed by atoms with Crippen molar-refractivity contribution in [3.8, 4) is 0 Å². The molecule has 1 N–H and O–H groups in total. The number of likely N-dealkylation sites (N-methyl/N-ethyl adjacent to an activating group) is 1. The molecule has 0 bridgehead atoms. The van der Waals surface area contributed by atoms with Crippen LogP contribution in [0.2, 0.25) is 0 Å². The molecule has 1 aromatic carbocycles. The summed E-state index contributed by atoms with van der Waals surface area (Å²) in [5, 5.41) is 4.47. The fraction of sp³-hybridized carbons (Fsp3) is 0.400. The van der Waals surface area contributed by atoms with Gasteiger partial charge in [-0.1, -0.05) is 18.2 Å². The maximum Gasteiger partial charge on any atom is 0.100 e. The van der Waals surface area contributed by atoms with E-state index in [0.717, 1.165) is 10.9 Å². The zero-order valence-electron chi connectivity index (χ0n) is 11.0. The van der Waals surface area contributed by atoms with Crippen LogP contribution in [0.5, 0.6) is 0 Å². The molecular weight excluding hydrogens is 240 g/mol. The minimum Gasteiger partial charge on any atom is -0.376 e. The van der Waals surface area contributed by atoms with E-state index >= 15 is 0 Å². The Bertz CT molecular complexity index is 553. The topological polar surface area (TPSA) is 43.4 Å². The molecule has 0 saturated carbocycles. The minimum atomic E-state index is 0.0555. The van der Waals surface area contributed by atoms with Gasteiger partial charge in [0, 0.05) is 11.6 Å². The summed E-state index contributed by atoms with van der Waals surface area (Å²) in [5.41, 5.74) is 2.20. The SMILES string of the molecule is CNC(c1ccc2cccnc2c1)C1COCCO1. The molecule has 19 heavy (non-hydrogen) atoms. The largest absolute Gasteiger partial charge is 0.376 e. The molecule has 4 heteroatoms. The Balaban J connectivity index is 1.91. The van der Waals surface area contributed by atoms with Crippen LogP contribution in [0.3, 0.4) is 0 Å². The standard InChI is InChI=1S/C15H18N2O2/c1-16-15(14-10-18-7-8-19-14)12-5-4-11-3-2-6-17-13(11)9-12/h2-6,9,14-16H,7-8,10H2,1H3. The number of rotatable bonds is 3. The molecule has 2 aromatic rings. The Kier molecular flexibility index (Phi) is 3.73. The van der Waals surface area contributed by atoms with E-state index in [4.69, 9.17) is 9.47 Å². The van der Waals surface area contributed by atoms with Crippen LogP contribution in [-0.4, -0.2) is 38.0 Å². The van der Waals surface area contributed by atoms with Crippen molar-refractivity contribution >= 4 is 10.9 Å². The molecule has 0 radical (unpaired) electrons. The molecule has 1 aliphatic heterocycles.